The van der Waals surface area contributed by atoms with Crippen molar-refractivity contribution in [1.29, 1.82) is 0 Å². The van der Waals surface area contributed by atoms with Crippen molar-refractivity contribution in [3.05, 3.63) is 29.8 Å². The van der Waals surface area contributed by atoms with Gasteiger partial charge in [-0.15, -0.1) is 0 Å². The van der Waals surface area contributed by atoms with Crippen molar-refractivity contribution >= 4 is 17.5 Å². The van der Waals surface area contributed by atoms with Crippen LogP contribution in [0.2, 0.25) is 0 Å². The first-order chi connectivity index (χ1) is 8.18. The van der Waals surface area contributed by atoms with E-state index in [1.807, 2.05) is 31.2 Å². The van der Waals surface area contributed by atoms with Crippen molar-refractivity contribution in [1.82, 2.24) is 5.32 Å². The summed E-state index contributed by atoms with van der Waals surface area (Å²) in [5.74, 6) is -0.449. The Morgan fingerprint density at radius 2 is 1.59 bits per heavy atom. The molecular weight excluding hydrogens is 216 g/mol. The molecule has 1 aromatic rings. The van der Waals surface area contributed by atoms with Gasteiger partial charge in [0.1, 0.15) is 0 Å². The van der Waals surface area contributed by atoms with E-state index in [4.69, 9.17) is 0 Å². The molecule has 0 aliphatic carbocycles. The van der Waals surface area contributed by atoms with Gasteiger partial charge in [0.05, 0.1) is 17.5 Å². The largest absolute Gasteiger partial charge is 0.315 e. The van der Waals surface area contributed by atoms with E-state index in [2.05, 4.69) is 5.32 Å². The molecule has 2 fully saturated rings. The van der Waals surface area contributed by atoms with Crippen LogP contribution in [0.4, 0.5) is 5.69 Å². The standard InChI is InChI=1S/C13H14N2O2/c1-8-2-4-9(5-3-8)15-12(16)10-6-14-7-11(10)13(15)17/h2-5,10-11,14H,6-7H2,1H3/t10-,11-/m0/s1. The predicted octanol–water partition coefficient (Wildman–Crippen LogP) is 0.704. The predicted molar refractivity (Wildman–Crippen MR) is 63.5 cm³/mol. The van der Waals surface area contributed by atoms with E-state index in [-0.39, 0.29) is 23.7 Å². The molecule has 2 saturated heterocycles. The molecule has 2 heterocycles. The van der Waals surface area contributed by atoms with E-state index >= 15 is 0 Å². The number of anilines is 1. The molecule has 88 valence electrons. The number of imide groups is 1. The Morgan fingerprint density at radius 1 is 1.06 bits per heavy atom. The van der Waals surface area contributed by atoms with Crippen molar-refractivity contribution in [3.8, 4) is 0 Å². The number of fused-ring (bicyclic) bond motifs is 1. The van der Waals surface area contributed by atoms with Crippen molar-refractivity contribution in [2.75, 3.05) is 18.0 Å². The summed E-state index contributed by atoms with van der Waals surface area (Å²) in [6, 6.07) is 7.50. The summed E-state index contributed by atoms with van der Waals surface area (Å²) in [6.07, 6.45) is 0. The zero-order valence-electron chi connectivity index (χ0n) is 9.64. The van der Waals surface area contributed by atoms with Crippen LogP contribution in [0, 0.1) is 18.8 Å². The number of carbonyl (C=O) groups is 2. The third-order valence-electron chi connectivity index (χ3n) is 3.58. The molecule has 4 heteroatoms. The topological polar surface area (TPSA) is 49.4 Å². The first-order valence-electron chi connectivity index (χ1n) is 5.83. The Balaban J connectivity index is 1.96. The first kappa shape index (κ1) is 10.5. The monoisotopic (exact) mass is 230 g/mol. The summed E-state index contributed by atoms with van der Waals surface area (Å²) in [5.41, 5.74) is 1.81. The summed E-state index contributed by atoms with van der Waals surface area (Å²) in [4.78, 5) is 25.6. The Bertz CT molecular complexity index is 459. The zero-order valence-corrected chi connectivity index (χ0v) is 9.64. The molecule has 0 aromatic heterocycles. The molecule has 1 N–H and O–H groups in total. The Kier molecular flexibility index (Phi) is 2.26. The number of nitrogens with one attached hydrogen (secondary N) is 1. The van der Waals surface area contributed by atoms with Crippen LogP contribution in [0.15, 0.2) is 24.3 Å². The second-order valence-electron chi connectivity index (χ2n) is 4.72. The highest BCUT2D eigenvalue weighted by molar-refractivity contribution is 6.22. The van der Waals surface area contributed by atoms with Gasteiger partial charge in [0.15, 0.2) is 0 Å². The number of hydrogen-bond donors (Lipinski definition) is 1. The lowest BCUT2D eigenvalue weighted by Gasteiger charge is -2.16. The highest BCUT2D eigenvalue weighted by Crippen LogP contribution is 2.32. The van der Waals surface area contributed by atoms with Crippen LogP contribution in [-0.4, -0.2) is 24.9 Å². The molecule has 0 saturated carbocycles. The van der Waals surface area contributed by atoms with Gasteiger partial charge in [0, 0.05) is 13.1 Å². The van der Waals surface area contributed by atoms with Crippen molar-refractivity contribution < 1.29 is 9.59 Å². The summed E-state index contributed by atoms with van der Waals surface area (Å²) < 4.78 is 0. The highest BCUT2D eigenvalue weighted by atomic mass is 16.2. The SMILES string of the molecule is Cc1ccc(N2C(=O)[C@H]3CNC[C@@H]3C2=O)cc1. The van der Waals surface area contributed by atoms with E-state index in [1.165, 1.54) is 4.90 Å². The van der Waals surface area contributed by atoms with Gasteiger partial charge >= 0.3 is 0 Å². The minimum Gasteiger partial charge on any atom is -0.315 e. The summed E-state index contributed by atoms with van der Waals surface area (Å²) in [6.45, 7) is 3.23. The normalized spacial score (nSPS) is 27.7. The van der Waals surface area contributed by atoms with Crippen molar-refractivity contribution in [3.63, 3.8) is 0 Å². The number of hydrogen-bond acceptors (Lipinski definition) is 3. The Labute approximate surface area is 99.6 Å². The molecule has 2 aliphatic rings. The fraction of sp³-hybridized carbons (Fsp3) is 0.385. The van der Waals surface area contributed by atoms with E-state index in [9.17, 15) is 9.59 Å². The van der Waals surface area contributed by atoms with Gasteiger partial charge in [-0.05, 0) is 19.1 Å². The molecule has 0 radical (unpaired) electrons. The summed E-state index contributed by atoms with van der Waals surface area (Å²) >= 11 is 0. The number of benzene rings is 1. The average Bonchev–Trinajstić information content (AvgIpc) is 2.87. The van der Waals surface area contributed by atoms with Crippen molar-refractivity contribution in [2.24, 2.45) is 11.8 Å². The third kappa shape index (κ3) is 1.48. The number of nitrogens with zero attached hydrogens (tertiary/aromatic N) is 1. The second-order valence-corrected chi connectivity index (χ2v) is 4.72. The third-order valence-corrected chi connectivity index (χ3v) is 3.58. The number of amides is 2. The van der Waals surface area contributed by atoms with E-state index in [0.717, 1.165) is 5.56 Å². The molecule has 0 unspecified atom stereocenters. The summed E-state index contributed by atoms with van der Waals surface area (Å²) in [7, 11) is 0. The molecule has 4 nitrogen and oxygen atoms in total. The zero-order chi connectivity index (χ0) is 12.0. The quantitative estimate of drug-likeness (QED) is 0.723. The maximum Gasteiger partial charge on any atom is 0.239 e. The lowest BCUT2D eigenvalue weighted by atomic mass is 10.00. The van der Waals surface area contributed by atoms with E-state index in [0.29, 0.717) is 18.8 Å². The number of aryl methyl sites for hydroxylation is 1. The maximum absolute atomic E-state index is 12.1. The van der Waals surface area contributed by atoms with E-state index < -0.39 is 0 Å². The molecule has 0 bridgehead atoms. The van der Waals surface area contributed by atoms with Crippen LogP contribution >= 0.6 is 0 Å². The molecule has 3 rings (SSSR count). The summed E-state index contributed by atoms with van der Waals surface area (Å²) in [5, 5.41) is 3.10. The van der Waals surface area contributed by atoms with Crippen LogP contribution in [0.3, 0.4) is 0 Å². The maximum atomic E-state index is 12.1. The van der Waals surface area contributed by atoms with Gasteiger partial charge in [-0.1, -0.05) is 17.7 Å². The second kappa shape index (κ2) is 3.67. The van der Waals surface area contributed by atoms with Gasteiger partial charge < -0.3 is 5.32 Å². The molecular formula is C13H14N2O2. The fourth-order valence-corrected chi connectivity index (χ4v) is 2.59. The average molecular weight is 230 g/mol. The minimum absolute atomic E-state index is 0.0612. The fourth-order valence-electron chi connectivity index (χ4n) is 2.59. The van der Waals surface area contributed by atoms with Crippen LogP contribution < -0.4 is 10.2 Å². The number of carbonyl (C=O) groups excluding carboxylic acids is 2. The molecule has 2 atom stereocenters. The Hall–Kier alpha value is -1.68. The van der Waals surface area contributed by atoms with E-state index in [1.54, 1.807) is 0 Å². The molecule has 0 spiro atoms. The number of rotatable bonds is 1. The van der Waals surface area contributed by atoms with Crippen LogP contribution in [0.5, 0.6) is 0 Å². The lowest BCUT2D eigenvalue weighted by Crippen LogP contribution is -2.34. The molecule has 2 aliphatic heterocycles. The van der Waals surface area contributed by atoms with Gasteiger partial charge in [0.2, 0.25) is 11.8 Å². The lowest BCUT2D eigenvalue weighted by molar-refractivity contribution is -0.122. The molecule has 2 amide bonds. The molecule has 1 aromatic carbocycles. The van der Waals surface area contributed by atoms with Crippen molar-refractivity contribution in [2.45, 2.75) is 6.92 Å². The van der Waals surface area contributed by atoms with Crippen LogP contribution in [0.25, 0.3) is 0 Å². The van der Waals surface area contributed by atoms with Crippen LogP contribution in [0.1, 0.15) is 5.56 Å². The van der Waals surface area contributed by atoms with Gasteiger partial charge in [-0.2, -0.15) is 0 Å². The molecule has 17 heavy (non-hydrogen) atoms. The minimum atomic E-state index is -0.163. The van der Waals surface area contributed by atoms with Gasteiger partial charge in [-0.3, -0.25) is 9.59 Å². The van der Waals surface area contributed by atoms with Gasteiger partial charge in [-0.25, -0.2) is 4.90 Å². The highest BCUT2D eigenvalue weighted by Gasteiger charge is 2.50. The first-order valence-corrected chi connectivity index (χ1v) is 5.83. The smallest absolute Gasteiger partial charge is 0.239 e. The van der Waals surface area contributed by atoms with Gasteiger partial charge in [0.25, 0.3) is 0 Å². The van der Waals surface area contributed by atoms with Crippen LogP contribution in [-0.2, 0) is 9.59 Å². The Morgan fingerprint density at radius 3 is 2.12 bits per heavy atom.